The first-order valence-electron chi connectivity index (χ1n) is 9.20. The molecule has 1 heterocycles. The lowest BCUT2D eigenvalue weighted by Crippen LogP contribution is -2.12. The van der Waals surface area contributed by atoms with Gasteiger partial charge in [-0.25, -0.2) is 0 Å². The molecule has 0 aliphatic rings. The lowest BCUT2D eigenvalue weighted by atomic mass is 10.1. The summed E-state index contributed by atoms with van der Waals surface area (Å²) in [7, 11) is 2.77. The highest BCUT2D eigenvalue weighted by Crippen LogP contribution is 2.19. The number of nitrogens with one attached hydrogen (secondary N) is 1. The molecule has 2 aromatic rings. The fraction of sp³-hybridized carbons (Fsp3) is 0.381. The van der Waals surface area contributed by atoms with E-state index in [1.54, 1.807) is 0 Å². The molecule has 0 atom stereocenters. The molecule has 4 nitrogen and oxygen atoms in total. The maximum atomic E-state index is 12.0. The van der Waals surface area contributed by atoms with Gasteiger partial charge in [0.05, 0.1) is 0 Å². The molecule has 0 unspecified atom stereocenters. The van der Waals surface area contributed by atoms with Crippen LogP contribution in [0.15, 0.2) is 47.6 Å². The number of hydrogen-bond acceptors (Lipinski definition) is 6. The number of aromatic nitrogens is 1. The van der Waals surface area contributed by atoms with E-state index in [9.17, 15) is 4.79 Å². The Hall–Kier alpha value is -1.83. The molecule has 1 amide bonds. The third-order valence-corrected chi connectivity index (χ3v) is 6.49. The van der Waals surface area contributed by atoms with E-state index < -0.39 is 0 Å². The van der Waals surface area contributed by atoms with Crippen LogP contribution >= 0.6 is 32.9 Å². The number of nitrogens with zero attached hydrogens (tertiary/aromatic N) is 1. The molecule has 0 fully saturated rings. The molecule has 0 aliphatic carbocycles. The predicted octanol–water partition coefficient (Wildman–Crippen LogP) is 6.58. The number of benzene rings is 1. The van der Waals surface area contributed by atoms with Crippen molar-refractivity contribution in [3.63, 3.8) is 0 Å². The van der Waals surface area contributed by atoms with Crippen LogP contribution in [-0.4, -0.2) is 17.5 Å². The Morgan fingerprint density at radius 1 is 1.14 bits per heavy atom. The first-order valence-corrected chi connectivity index (χ1v) is 11.8. The van der Waals surface area contributed by atoms with Crippen LogP contribution < -0.4 is 10.1 Å². The summed E-state index contributed by atoms with van der Waals surface area (Å²) in [5, 5.41) is 3.36. The summed E-state index contributed by atoms with van der Waals surface area (Å²) in [5.41, 5.74) is 3.79. The van der Waals surface area contributed by atoms with Crippen molar-refractivity contribution in [2.75, 3.05) is 11.9 Å². The summed E-state index contributed by atoms with van der Waals surface area (Å²) in [6.45, 7) is 6.95. The lowest BCUT2D eigenvalue weighted by molar-refractivity contribution is -0.116. The smallest absolute Gasteiger partial charge is 0.226 e. The number of rotatable bonds is 10. The third-order valence-electron chi connectivity index (χ3n) is 3.97. The molecule has 0 saturated carbocycles. The fourth-order valence-electron chi connectivity index (χ4n) is 2.41. The van der Waals surface area contributed by atoms with Gasteiger partial charge in [-0.05, 0) is 96.7 Å². The molecular formula is C21H26N2O2S3. The topological polar surface area (TPSA) is 51.2 Å². The monoisotopic (exact) mass is 434 g/mol. The van der Waals surface area contributed by atoms with E-state index in [-0.39, 0.29) is 5.91 Å². The summed E-state index contributed by atoms with van der Waals surface area (Å²) >= 11 is 4.96. The third kappa shape index (κ3) is 8.91. The van der Waals surface area contributed by atoms with Crippen molar-refractivity contribution in [3.8, 4) is 5.75 Å². The molecule has 1 aromatic heterocycles. The number of carbonyl (C=O) groups is 1. The second kappa shape index (κ2) is 11.9. The minimum Gasteiger partial charge on any atom is -0.490 e. The van der Waals surface area contributed by atoms with Crippen LogP contribution in [0, 0.1) is 3.95 Å². The highest BCUT2D eigenvalue weighted by atomic mass is 32.9. The van der Waals surface area contributed by atoms with Crippen LogP contribution in [-0.2, 0) is 11.2 Å². The summed E-state index contributed by atoms with van der Waals surface area (Å²) in [6.07, 6.45) is 7.60. The predicted molar refractivity (Wildman–Crippen MR) is 122 cm³/mol. The van der Waals surface area contributed by atoms with E-state index in [0.717, 1.165) is 24.2 Å². The van der Waals surface area contributed by atoms with Gasteiger partial charge in [-0.2, -0.15) is 4.98 Å². The first-order chi connectivity index (χ1) is 13.4. The van der Waals surface area contributed by atoms with Crippen LogP contribution in [0.4, 0.5) is 5.13 Å². The van der Waals surface area contributed by atoms with Crippen LogP contribution in [0.1, 0.15) is 45.6 Å². The van der Waals surface area contributed by atoms with Gasteiger partial charge in [0.25, 0.3) is 0 Å². The van der Waals surface area contributed by atoms with Gasteiger partial charge in [0.2, 0.25) is 11.0 Å². The van der Waals surface area contributed by atoms with Crippen LogP contribution in [0.25, 0.3) is 0 Å². The zero-order chi connectivity index (χ0) is 20.4. The van der Waals surface area contributed by atoms with Gasteiger partial charge in [0, 0.05) is 6.42 Å². The highest BCUT2D eigenvalue weighted by Gasteiger charge is 2.06. The Balaban J connectivity index is 1.71. The van der Waals surface area contributed by atoms with E-state index in [2.05, 4.69) is 43.2 Å². The van der Waals surface area contributed by atoms with E-state index >= 15 is 0 Å². The van der Waals surface area contributed by atoms with Crippen molar-refractivity contribution in [2.45, 2.75) is 46.5 Å². The largest absolute Gasteiger partial charge is 0.490 e. The van der Waals surface area contributed by atoms with E-state index in [4.69, 9.17) is 17.0 Å². The van der Waals surface area contributed by atoms with Crippen LogP contribution in [0.5, 0.6) is 5.75 Å². The molecule has 7 heteroatoms. The van der Waals surface area contributed by atoms with Gasteiger partial charge in [-0.3, -0.25) is 4.79 Å². The number of aryl methyl sites for hydroxylation is 1. The van der Waals surface area contributed by atoms with Gasteiger partial charge >= 0.3 is 0 Å². The summed E-state index contributed by atoms with van der Waals surface area (Å²) in [5.74, 6) is 0.786. The Bertz CT molecular complexity index is 876. The molecule has 2 rings (SSSR count). The van der Waals surface area contributed by atoms with Gasteiger partial charge in [0.15, 0.2) is 3.95 Å². The van der Waals surface area contributed by atoms with E-state index in [0.29, 0.717) is 28.5 Å². The minimum absolute atomic E-state index is 0.0504. The zero-order valence-corrected chi connectivity index (χ0v) is 18.9. The SMILES string of the molecule is CC(C)=CCC/C(C)=C/COc1ccc(CCC(=O)Nc2nc(=S)ss2)cc1. The fourth-order valence-corrected chi connectivity index (χ4v) is 4.28. The quantitative estimate of drug-likeness (QED) is 0.261. The number of hydrogen-bond donors (Lipinski definition) is 1. The molecule has 0 saturated heterocycles. The Morgan fingerprint density at radius 3 is 2.54 bits per heavy atom. The number of anilines is 1. The molecule has 0 spiro atoms. The molecular weight excluding hydrogens is 408 g/mol. The molecule has 28 heavy (non-hydrogen) atoms. The van der Waals surface area contributed by atoms with E-state index in [1.807, 2.05) is 24.3 Å². The normalized spacial score (nSPS) is 11.2. The highest BCUT2D eigenvalue weighted by molar-refractivity contribution is 7.79. The Labute approximate surface area is 179 Å². The first kappa shape index (κ1) is 22.5. The van der Waals surface area contributed by atoms with Gasteiger partial charge < -0.3 is 10.1 Å². The van der Waals surface area contributed by atoms with E-state index in [1.165, 1.54) is 31.8 Å². The molecule has 1 N–H and O–H groups in total. The van der Waals surface area contributed by atoms with Crippen molar-refractivity contribution in [2.24, 2.45) is 0 Å². The van der Waals surface area contributed by atoms with Gasteiger partial charge in [-0.1, -0.05) is 29.4 Å². The second-order valence-electron chi connectivity index (χ2n) is 6.72. The van der Waals surface area contributed by atoms with Crippen molar-refractivity contribution in [3.05, 3.63) is 57.1 Å². The van der Waals surface area contributed by atoms with Crippen molar-refractivity contribution in [1.82, 2.24) is 4.98 Å². The number of ether oxygens (including phenoxy) is 1. The molecule has 0 bridgehead atoms. The average Bonchev–Trinajstić information content (AvgIpc) is 3.05. The maximum Gasteiger partial charge on any atom is 0.226 e. The Morgan fingerprint density at radius 2 is 1.89 bits per heavy atom. The van der Waals surface area contributed by atoms with Crippen molar-refractivity contribution in [1.29, 1.82) is 0 Å². The maximum absolute atomic E-state index is 12.0. The van der Waals surface area contributed by atoms with Crippen LogP contribution in [0.2, 0.25) is 0 Å². The molecule has 0 radical (unpaired) electrons. The molecule has 1 aromatic carbocycles. The Kier molecular flexibility index (Phi) is 9.54. The lowest BCUT2D eigenvalue weighted by Gasteiger charge is -2.06. The number of carbonyl (C=O) groups excluding carboxylic acids is 1. The standard InChI is InChI=1S/C21H26N2O2S3/c1-15(2)5-4-6-16(3)13-14-25-18-10-7-17(8-11-18)9-12-19(24)22-20-23-21(26)28-27-20/h5,7-8,10-11,13H,4,6,9,12,14H2,1-3H3,(H,22,23,24,26)/b16-13+. The summed E-state index contributed by atoms with van der Waals surface area (Å²) in [4.78, 5) is 16.0. The summed E-state index contributed by atoms with van der Waals surface area (Å²) < 4.78 is 6.33. The van der Waals surface area contributed by atoms with Gasteiger partial charge in [-0.15, -0.1) is 0 Å². The van der Waals surface area contributed by atoms with Crippen molar-refractivity contribution < 1.29 is 9.53 Å². The second-order valence-corrected chi connectivity index (χ2v) is 9.48. The molecule has 0 aliphatic heterocycles. The van der Waals surface area contributed by atoms with Crippen molar-refractivity contribution >= 4 is 43.9 Å². The number of amides is 1. The molecule has 150 valence electrons. The minimum atomic E-state index is -0.0504. The van der Waals surface area contributed by atoms with Gasteiger partial charge in [0.1, 0.15) is 12.4 Å². The average molecular weight is 435 g/mol. The van der Waals surface area contributed by atoms with Crippen LogP contribution in [0.3, 0.4) is 0 Å². The zero-order valence-electron chi connectivity index (χ0n) is 16.5. The number of allylic oxidation sites excluding steroid dienone is 3. The summed E-state index contributed by atoms with van der Waals surface area (Å²) in [6, 6.07) is 7.90.